The summed E-state index contributed by atoms with van der Waals surface area (Å²) < 4.78 is 5.81. The van der Waals surface area contributed by atoms with Gasteiger partial charge < -0.3 is 4.74 Å². The first-order chi connectivity index (χ1) is 5.70. The standard InChI is InChI=1S/C10H19BrO/c1-8(2)7-12-10-6-4-3-5-9(10)11/h8-10H,3-7H2,1-2H3. The van der Waals surface area contributed by atoms with E-state index in [1.807, 2.05) is 0 Å². The van der Waals surface area contributed by atoms with E-state index in [9.17, 15) is 0 Å². The summed E-state index contributed by atoms with van der Waals surface area (Å²) >= 11 is 3.68. The third kappa shape index (κ3) is 3.44. The van der Waals surface area contributed by atoms with Crippen molar-refractivity contribution >= 4 is 15.9 Å². The molecule has 0 spiro atoms. The summed E-state index contributed by atoms with van der Waals surface area (Å²) in [5, 5.41) is 0. The van der Waals surface area contributed by atoms with Gasteiger partial charge in [-0.3, -0.25) is 0 Å². The lowest BCUT2D eigenvalue weighted by atomic mass is 9.97. The van der Waals surface area contributed by atoms with Crippen molar-refractivity contribution < 1.29 is 4.74 Å². The quantitative estimate of drug-likeness (QED) is 0.681. The maximum atomic E-state index is 5.81. The fourth-order valence-electron chi connectivity index (χ4n) is 1.56. The van der Waals surface area contributed by atoms with Crippen LogP contribution in [0, 0.1) is 5.92 Å². The molecule has 0 aliphatic heterocycles. The maximum absolute atomic E-state index is 5.81. The van der Waals surface area contributed by atoms with Gasteiger partial charge >= 0.3 is 0 Å². The van der Waals surface area contributed by atoms with Crippen molar-refractivity contribution in [2.75, 3.05) is 6.61 Å². The number of hydrogen-bond donors (Lipinski definition) is 0. The minimum atomic E-state index is 0.473. The van der Waals surface area contributed by atoms with E-state index in [0.29, 0.717) is 16.8 Å². The highest BCUT2D eigenvalue weighted by molar-refractivity contribution is 9.09. The van der Waals surface area contributed by atoms with E-state index in [4.69, 9.17) is 4.74 Å². The number of hydrogen-bond acceptors (Lipinski definition) is 1. The van der Waals surface area contributed by atoms with Crippen molar-refractivity contribution in [2.24, 2.45) is 5.92 Å². The van der Waals surface area contributed by atoms with Crippen LogP contribution >= 0.6 is 15.9 Å². The Morgan fingerprint density at radius 3 is 2.58 bits per heavy atom. The first-order valence-electron chi connectivity index (χ1n) is 4.96. The Labute approximate surface area is 84.0 Å². The zero-order valence-electron chi connectivity index (χ0n) is 8.05. The molecule has 0 bridgehead atoms. The van der Waals surface area contributed by atoms with Gasteiger partial charge in [0, 0.05) is 11.4 Å². The van der Waals surface area contributed by atoms with Gasteiger partial charge in [-0.15, -0.1) is 0 Å². The van der Waals surface area contributed by atoms with Crippen LogP contribution in [-0.2, 0) is 4.74 Å². The molecule has 0 aromatic heterocycles. The highest BCUT2D eigenvalue weighted by Gasteiger charge is 2.23. The van der Waals surface area contributed by atoms with E-state index in [1.54, 1.807) is 0 Å². The molecule has 1 aliphatic rings. The van der Waals surface area contributed by atoms with Gasteiger partial charge in [-0.1, -0.05) is 42.6 Å². The lowest BCUT2D eigenvalue weighted by Gasteiger charge is -2.28. The van der Waals surface area contributed by atoms with E-state index in [2.05, 4.69) is 29.8 Å². The summed E-state index contributed by atoms with van der Waals surface area (Å²) in [5.41, 5.74) is 0. The van der Waals surface area contributed by atoms with Crippen LogP contribution in [0.3, 0.4) is 0 Å². The fraction of sp³-hybridized carbons (Fsp3) is 1.00. The molecule has 0 heterocycles. The van der Waals surface area contributed by atoms with Crippen LogP contribution in [0.4, 0.5) is 0 Å². The number of halogens is 1. The van der Waals surface area contributed by atoms with E-state index < -0.39 is 0 Å². The lowest BCUT2D eigenvalue weighted by molar-refractivity contribution is 0.0192. The molecule has 1 nitrogen and oxygen atoms in total. The second kappa shape index (κ2) is 5.23. The van der Waals surface area contributed by atoms with Crippen LogP contribution in [0.15, 0.2) is 0 Å². The molecular weight excluding hydrogens is 216 g/mol. The number of rotatable bonds is 3. The first kappa shape index (κ1) is 10.5. The molecule has 72 valence electrons. The molecule has 2 unspecified atom stereocenters. The van der Waals surface area contributed by atoms with Crippen molar-refractivity contribution in [3.63, 3.8) is 0 Å². The number of alkyl halides is 1. The Bertz CT molecular complexity index is 125. The van der Waals surface area contributed by atoms with Gasteiger partial charge in [0.1, 0.15) is 0 Å². The Morgan fingerprint density at radius 2 is 2.00 bits per heavy atom. The zero-order chi connectivity index (χ0) is 8.97. The molecule has 1 fully saturated rings. The topological polar surface area (TPSA) is 9.23 Å². The minimum Gasteiger partial charge on any atom is -0.377 e. The minimum absolute atomic E-state index is 0.473. The van der Waals surface area contributed by atoms with Crippen molar-refractivity contribution in [1.29, 1.82) is 0 Å². The van der Waals surface area contributed by atoms with Gasteiger partial charge in [0.05, 0.1) is 6.10 Å². The molecule has 0 aromatic carbocycles. The van der Waals surface area contributed by atoms with E-state index >= 15 is 0 Å². The van der Waals surface area contributed by atoms with Crippen LogP contribution in [0.2, 0.25) is 0 Å². The van der Waals surface area contributed by atoms with Crippen LogP contribution in [0.25, 0.3) is 0 Å². The van der Waals surface area contributed by atoms with Crippen molar-refractivity contribution in [3.05, 3.63) is 0 Å². The van der Waals surface area contributed by atoms with Gasteiger partial charge in [-0.2, -0.15) is 0 Å². The van der Waals surface area contributed by atoms with Gasteiger partial charge in [0.15, 0.2) is 0 Å². The van der Waals surface area contributed by atoms with Gasteiger partial charge in [0.25, 0.3) is 0 Å². The third-order valence-electron chi connectivity index (χ3n) is 2.27. The predicted molar refractivity (Wildman–Crippen MR) is 55.8 cm³/mol. The van der Waals surface area contributed by atoms with Crippen LogP contribution in [-0.4, -0.2) is 17.5 Å². The van der Waals surface area contributed by atoms with E-state index in [-0.39, 0.29) is 0 Å². The second-order valence-electron chi connectivity index (χ2n) is 4.07. The molecular formula is C10H19BrO. The van der Waals surface area contributed by atoms with Crippen LogP contribution < -0.4 is 0 Å². The molecule has 0 amide bonds. The first-order valence-corrected chi connectivity index (χ1v) is 5.87. The van der Waals surface area contributed by atoms with Crippen LogP contribution in [0.5, 0.6) is 0 Å². The average Bonchev–Trinajstić information content (AvgIpc) is 2.03. The molecule has 1 rings (SSSR count). The summed E-state index contributed by atoms with van der Waals surface area (Å²) in [7, 11) is 0. The summed E-state index contributed by atoms with van der Waals surface area (Å²) in [6.07, 6.45) is 5.69. The Morgan fingerprint density at radius 1 is 1.33 bits per heavy atom. The maximum Gasteiger partial charge on any atom is 0.0700 e. The molecule has 2 atom stereocenters. The summed E-state index contributed by atoms with van der Waals surface area (Å²) in [5.74, 6) is 0.659. The summed E-state index contributed by atoms with van der Waals surface area (Å²) in [4.78, 5) is 0.602. The van der Waals surface area contributed by atoms with E-state index in [1.165, 1.54) is 25.7 Å². The molecule has 1 saturated carbocycles. The normalized spacial score (nSPS) is 31.0. The van der Waals surface area contributed by atoms with Gasteiger partial charge in [-0.05, 0) is 18.8 Å². The molecule has 0 radical (unpaired) electrons. The average molecular weight is 235 g/mol. The number of ether oxygens (including phenoxy) is 1. The summed E-state index contributed by atoms with van der Waals surface area (Å²) in [6, 6.07) is 0. The monoisotopic (exact) mass is 234 g/mol. The Hall–Kier alpha value is 0.440. The Kier molecular flexibility index (Phi) is 4.59. The molecule has 1 aliphatic carbocycles. The smallest absolute Gasteiger partial charge is 0.0700 e. The Balaban J connectivity index is 2.20. The van der Waals surface area contributed by atoms with Crippen molar-refractivity contribution in [3.8, 4) is 0 Å². The molecule has 12 heavy (non-hydrogen) atoms. The second-order valence-corrected chi connectivity index (χ2v) is 5.24. The highest BCUT2D eigenvalue weighted by atomic mass is 79.9. The van der Waals surface area contributed by atoms with Crippen molar-refractivity contribution in [2.45, 2.75) is 50.5 Å². The molecule has 0 saturated heterocycles. The summed E-state index contributed by atoms with van der Waals surface area (Å²) in [6.45, 7) is 5.31. The van der Waals surface area contributed by atoms with Gasteiger partial charge in [0.2, 0.25) is 0 Å². The zero-order valence-corrected chi connectivity index (χ0v) is 9.64. The predicted octanol–water partition coefficient (Wildman–Crippen LogP) is 3.37. The fourth-order valence-corrected chi connectivity index (χ4v) is 2.30. The molecule has 2 heteroatoms. The lowest BCUT2D eigenvalue weighted by Crippen LogP contribution is -2.29. The van der Waals surface area contributed by atoms with E-state index in [0.717, 1.165) is 6.61 Å². The third-order valence-corrected chi connectivity index (χ3v) is 3.31. The molecule has 0 N–H and O–H groups in total. The van der Waals surface area contributed by atoms with Crippen molar-refractivity contribution in [1.82, 2.24) is 0 Å². The van der Waals surface area contributed by atoms with Gasteiger partial charge in [-0.25, -0.2) is 0 Å². The molecule has 0 aromatic rings. The SMILES string of the molecule is CC(C)COC1CCCCC1Br. The van der Waals surface area contributed by atoms with Crippen LogP contribution in [0.1, 0.15) is 39.5 Å². The largest absolute Gasteiger partial charge is 0.377 e. The highest BCUT2D eigenvalue weighted by Crippen LogP contribution is 2.27.